The third-order valence-electron chi connectivity index (χ3n) is 5.38. The number of rotatable bonds is 5. The Kier molecular flexibility index (Phi) is 6.86. The largest absolute Gasteiger partial charge is 0.379 e. The third-order valence-corrected chi connectivity index (χ3v) is 5.38. The highest BCUT2D eigenvalue weighted by Gasteiger charge is 2.50. The van der Waals surface area contributed by atoms with Crippen molar-refractivity contribution in [1.82, 2.24) is 15.5 Å². The van der Waals surface area contributed by atoms with Crippen molar-refractivity contribution in [2.24, 2.45) is 11.8 Å². The molecular formula is C20H35N3O3. The van der Waals surface area contributed by atoms with Gasteiger partial charge in [-0.25, -0.2) is 0 Å². The van der Waals surface area contributed by atoms with Gasteiger partial charge in [0, 0.05) is 38.0 Å². The van der Waals surface area contributed by atoms with Crippen LogP contribution in [-0.2, 0) is 14.3 Å². The number of nitrogens with one attached hydrogen (secondary N) is 2. The van der Waals surface area contributed by atoms with Gasteiger partial charge in [0.15, 0.2) is 0 Å². The van der Waals surface area contributed by atoms with Gasteiger partial charge in [0.1, 0.15) is 5.54 Å². The molecule has 0 radical (unpaired) electrons. The first-order valence-corrected chi connectivity index (χ1v) is 9.70. The molecule has 26 heavy (non-hydrogen) atoms. The molecule has 0 spiro atoms. The maximum Gasteiger partial charge on any atom is 0.246 e. The van der Waals surface area contributed by atoms with E-state index in [1.54, 1.807) is 0 Å². The first kappa shape index (κ1) is 20.9. The molecule has 0 aromatic rings. The molecule has 6 nitrogen and oxygen atoms in total. The fraction of sp³-hybridized carbons (Fsp3) is 0.800. The minimum atomic E-state index is -0.894. The third kappa shape index (κ3) is 5.30. The summed E-state index contributed by atoms with van der Waals surface area (Å²) in [4.78, 5) is 27.8. The normalized spacial score (nSPS) is 30.5. The summed E-state index contributed by atoms with van der Waals surface area (Å²) < 4.78 is 5.45. The van der Waals surface area contributed by atoms with Gasteiger partial charge in [0.25, 0.3) is 0 Å². The highest BCUT2D eigenvalue weighted by atomic mass is 16.5. The molecule has 3 unspecified atom stereocenters. The number of amides is 2. The van der Waals surface area contributed by atoms with Crippen LogP contribution in [0.4, 0.5) is 0 Å². The molecule has 0 bridgehead atoms. The van der Waals surface area contributed by atoms with Gasteiger partial charge in [0.05, 0.1) is 13.2 Å². The summed E-state index contributed by atoms with van der Waals surface area (Å²) in [7, 11) is 0. The molecule has 2 rings (SSSR count). The van der Waals surface area contributed by atoms with Crippen molar-refractivity contribution >= 4 is 11.8 Å². The molecule has 6 heteroatoms. The Labute approximate surface area is 157 Å². The Balaban J connectivity index is 2.31. The van der Waals surface area contributed by atoms with Crippen molar-refractivity contribution in [2.45, 2.75) is 58.0 Å². The molecule has 1 aliphatic heterocycles. The van der Waals surface area contributed by atoms with Crippen LogP contribution in [0.1, 0.15) is 47.0 Å². The summed E-state index contributed by atoms with van der Waals surface area (Å²) in [5.74, 6) is 0.0623. The fourth-order valence-electron chi connectivity index (χ4n) is 4.14. The number of hydrogen-bond donors (Lipinski definition) is 2. The van der Waals surface area contributed by atoms with Crippen LogP contribution in [0.15, 0.2) is 12.7 Å². The zero-order valence-electron chi connectivity index (χ0n) is 16.8. The average Bonchev–Trinajstić information content (AvgIpc) is 2.55. The summed E-state index contributed by atoms with van der Waals surface area (Å²) in [5, 5.41) is 6.18. The quantitative estimate of drug-likeness (QED) is 0.728. The second-order valence-electron chi connectivity index (χ2n) is 8.74. The number of carbonyl (C=O) groups is 2. The van der Waals surface area contributed by atoms with Crippen molar-refractivity contribution in [1.29, 1.82) is 0 Å². The van der Waals surface area contributed by atoms with Crippen molar-refractivity contribution in [3.05, 3.63) is 12.7 Å². The van der Waals surface area contributed by atoms with E-state index in [0.717, 1.165) is 45.7 Å². The summed E-state index contributed by atoms with van der Waals surface area (Å²) in [6, 6.07) is 0. The maximum absolute atomic E-state index is 13.4. The van der Waals surface area contributed by atoms with Crippen molar-refractivity contribution < 1.29 is 14.3 Å². The number of morpholine rings is 1. The molecule has 148 valence electrons. The molecule has 2 N–H and O–H groups in total. The van der Waals surface area contributed by atoms with Gasteiger partial charge in [-0.3, -0.25) is 14.5 Å². The molecule has 2 fully saturated rings. The Morgan fingerprint density at radius 1 is 1.27 bits per heavy atom. The molecule has 2 amide bonds. The monoisotopic (exact) mass is 365 g/mol. The number of ether oxygens (including phenoxy) is 1. The van der Waals surface area contributed by atoms with Gasteiger partial charge in [-0.05, 0) is 46.0 Å². The SMILES string of the molecule is C=CC1CCC(CN2CCOCC2)C(NC(C)=O)(C(=O)NC(C)(C)C)C1. The van der Waals surface area contributed by atoms with Crippen LogP contribution in [0, 0.1) is 11.8 Å². The topological polar surface area (TPSA) is 70.7 Å². The van der Waals surface area contributed by atoms with Crippen molar-refractivity contribution in [3.8, 4) is 0 Å². The molecule has 1 heterocycles. The molecule has 0 aromatic carbocycles. The van der Waals surface area contributed by atoms with Crippen LogP contribution in [-0.4, -0.2) is 60.6 Å². The Hall–Kier alpha value is -1.40. The minimum absolute atomic E-state index is 0.0723. The van der Waals surface area contributed by atoms with E-state index in [1.165, 1.54) is 6.92 Å². The summed E-state index contributed by atoms with van der Waals surface area (Å²) in [6.45, 7) is 15.3. The molecule has 2 aliphatic rings. The lowest BCUT2D eigenvalue weighted by molar-refractivity contribution is -0.139. The van der Waals surface area contributed by atoms with Crippen LogP contribution >= 0.6 is 0 Å². The number of hydrogen-bond acceptors (Lipinski definition) is 4. The zero-order valence-corrected chi connectivity index (χ0v) is 16.8. The summed E-state index contributed by atoms with van der Waals surface area (Å²) in [5.41, 5.74) is -1.25. The van der Waals surface area contributed by atoms with E-state index in [-0.39, 0.29) is 29.2 Å². The van der Waals surface area contributed by atoms with Crippen LogP contribution in [0.25, 0.3) is 0 Å². The number of nitrogens with zero attached hydrogens (tertiary/aromatic N) is 1. The first-order valence-electron chi connectivity index (χ1n) is 9.70. The van der Waals surface area contributed by atoms with Gasteiger partial charge < -0.3 is 15.4 Å². The lowest BCUT2D eigenvalue weighted by atomic mass is 9.67. The molecule has 1 saturated carbocycles. The number of carbonyl (C=O) groups excluding carboxylic acids is 2. The van der Waals surface area contributed by atoms with Gasteiger partial charge >= 0.3 is 0 Å². The first-order chi connectivity index (χ1) is 12.2. The average molecular weight is 366 g/mol. The molecule has 1 saturated heterocycles. The van der Waals surface area contributed by atoms with Crippen molar-refractivity contribution in [3.63, 3.8) is 0 Å². The van der Waals surface area contributed by atoms with E-state index >= 15 is 0 Å². The number of allylic oxidation sites excluding steroid dienone is 1. The summed E-state index contributed by atoms with van der Waals surface area (Å²) >= 11 is 0. The highest BCUT2D eigenvalue weighted by Crippen LogP contribution is 2.39. The van der Waals surface area contributed by atoms with Gasteiger partial charge in [-0.1, -0.05) is 6.08 Å². The van der Waals surface area contributed by atoms with E-state index in [4.69, 9.17) is 4.74 Å². The molecule has 0 aromatic heterocycles. The lowest BCUT2D eigenvalue weighted by Crippen LogP contribution is -2.68. The van der Waals surface area contributed by atoms with Crippen molar-refractivity contribution in [2.75, 3.05) is 32.8 Å². The Morgan fingerprint density at radius 3 is 2.46 bits per heavy atom. The molecule has 3 atom stereocenters. The van der Waals surface area contributed by atoms with Gasteiger partial charge in [0.2, 0.25) is 11.8 Å². The Bertz CT molecular complexity index is 523. The van der Waals surface area contributed by atoms with E-state index in [1.807, 2.05) is 26.8 Å². The fourth-order valence-corrected chi connectivity index (χ4v) is 4.14. The second-order valence-corrected chi connectivity index (χ2v) is 8.74. The lowest BCUT2D eigenvalue weighted by Gasteiger charge is -2.48. The zero-order chi connectivity index (χ0) is 19.4. The van der Waals surface area contributed by atoms with Gasteiger partial charge in [-0.2, -0.15) is 0 Å². The summed E-state index contributed by atoms with van der Waals surface area (Å²) in [6.07, 6.45) is 4.42. The van der Waals surface area contributed by atoms with Gasteiger partial charge in [-0.15, -0.1) is 6.58 Å². The minimum Gasteiger partial charge on any atom is -0.379 e. The van der Waals surface area contributed by atoms with Crippen LogP contribution in [0.2, 0.25) is 0 Å². The maximum atomic E-state index is 13.4. The Morgan fingerprint density at radius 2 is 1.92 bits per heavy atom. The highest BCUT2D eigenvalue weighted by molar-refractivity contribution is 5.92. The predicted molar refractivity (Wildman–Crippen MR) is 103 cm³/mol. The van der Waals surface area contributed by atoms with E-state index < -0.39 is 5.54 Å². The van der Waals surface area contributed by atoms with E-state index in [2.05, 4.69) is 22.1 Å². The van der Waals surface area contributed by atoms with Crippen LogP contribution in [0.3, 0.4) is 0 Å². The van der Waals surface area contributed by atoms with E-state index in [9.17, 15) is 9.59 Å². The molecular weight excluding hydrogens is 330 g/mol. The van der Waals surface area contributed by atoms with E-state index in [0.29, 0.717) is 6.42 Å². The van der Waals surface area contributed by atoms with Crippen LogP contribution < -0.4 is 10.6 Å². The second kappa shape index (κ2) is 8.53. The molecule has 1 aliphatic carbocycles. The predicted octanol–water partition coefficient (Wildman–Crippen LogP) is 1.71. The van der Waals surface area contributed by atoms with Crippen LogP contribution in [0.5, 0.6) is 0 Å². The smallest absolute Gasteiger partial charge is 0.246 e. The standard InChI is InChI=1S/C20H35N3O3/c1-6-16-7-8-17(14-23-9-11-26-12-10-23)20(13-16,21-15(2)24)18(25)22-19(3,4)5/h6,16-17H,1,7-14H2,2-5H3,(H,21,24)(H,22,25).